The van der Waals surface area contributed by atoms with Crippen LogP contribution in [0.3, 0.4) is 0 Å². The van der Waals surface area contributed by atoms with Crippen LogP contribution in [-0.4, -0.2) is 27.0 Å². The van der Waals surface area contributed by atoms with Gasteiger partial charge in [-0.15, -0.1) is 0 Å². The second-order valence-corrected chi connectivity index (χ2v) is 5.45. The standard InChI is InChI=1S/C16H18N4O2/c1-11(2)16-19-13-9-12(3-4-14(13)22-16)15(21)18-6-8-20-7-5-17-10-20/h3-5,7,9-11H,6,8H2,1-2H3,(H,18,21). The second kappa shape index (κ2) is 6.01. The van der Waals surface area contributed by atoms with E-state index in [-0.39, 0.29) is 11.8 Å². The SMILES string of the molecule is CC(C)c1nc2cc(C(=O)NCCn3ccnc3)ccc2o1. The number of aromatic nitrogens is 3. The van der Waals surface area contributed by atoms with E-state index in [0.717, 1.165) is 0 Å². The van der Waals surface area contributed by atoms with Crippen molar-refractivity contribution in [3.05, 3.63) is 48.4 Å². The van der Waals surface area contributed by atoms with Gasteiger partial charge in [0, 0.05) is 37.0 Å². The zero-order chi connectivity index (χ0) is 15.5. The molecular weight excluding hydrogens is 280 g/mol. The number of imidazole rings is 1. The normalized spacial score (nSPS) is 11.2. The molecular formula is C16H18N4O2. The van der Waals surface area contributed by atoms with E-state index in [9.17, 15) is 4.79 Å². The Kier molecular flexibility index (Phi) is 3.91. The van der Waals surface area contributed by atoms with Gasteiger partial charge in [-0.1, -0.05) is 13.8 Å². The first-order valence-corrected chi connectivity index (χ1v) is 7.28. The predicted octanol–water partition coefficient (Wildman–Crippen LogP) is 2.58. The van der Waals surface area contributed by atoms with Gasteiger partial charge in [-0.3, -0.25) is 4.79 Å². The monoisotopic (exact) mass is 298 g/mol. The van der Waals surface area contributed by atoms with Crippen LogP contribution in [0.1, 0.15) is 36.0 Å². The highest BCUT2D eigenvalue weighted by atomic mass is 16.3. The maximum atomic E-state index is 12.2. The maximum absolute atomic E-state index is 12.2. The molecule has 0 atom stereocenters. The predicted molar refractivity (Wildman–Crippen MR) is 82.7 cm³/mol. The van der Waals surface area contributed by atoms with E-state index in [1.165, 1.54) is 0 Å². The largest absolute Gasteiger partial charge is 0.440 e. The van der Waals surface area contributed by atoms with E-state index >= 15 is 0 Å². The summed E-state index contributed by atoms with van der Waals surface area (Å²) in [5.74, 6) is 0.795. The van der Waals surface area contributed by atoms with Gasteiger partial charge in [0.05, 0.1) is 6.33 Å². The molecule has 2 aromatic heterocycles. The Labute approximate surface area is 128 Å². The van der Waals surface area contributed by atoms with Gasteiger partial charge in [0.2, 0.25) is 0 Å². The molecule has 0 bridgehead atoms. The zero-order valence-corrected chi connectivity index (χ0v) is 12.6. The van der Waals surface area contributed by atoms with Crippen LogP contribution in [0.5, 0.6) is 0 Å². The summed E-state index contributed by atoms with van der Waals surface area (Å²) in [5, 5.41) is 2.89. The number of benzene rings is 1. The van der Waals surface area contributed by atoms with Crippen molar-refractivity contribution < 1.29 is 9.21 Å². The van der Waals surface area contributed by atoms with Crippen LogP contribution >= 0.6 is 0 Å². The van der Waals surface area contributed by atoms with Crippen molar-refractivity contribution in [2.24, 2.45) is 0 Å². The molecule has 6 heteroatoms. The molecule has 1 aromatic carbocycles. The second-order valence-electron chi connectivity index (χ2n) is 5.45. The lowest BCUT2D eigenvalue weighted by atomic mass is 10.2. The molecule has 0 saturated carbocycles. The van der Waals surface area contributed by atoms with Gasteiger partial charge in [-0.2, -0.15) is 0 Å². The highest BCUT2D eigenvalue weighted by molar-refractivity contribution is 5.97. The summed E-state index contributed by atoms with van der Waals surface area (Å²) < 4.78 is 7.55. The van der Waals surface area contributed by atoms with E-state index in [0.29, 0.717) is 35.6 Å². The third-order valence-corrected chi connectivity index (χ3v) is 3.37. The average molecular weight is 298 g/mol. The summed E-state index contributed by atoms with van der Waals surface area (Å²) in [6.45, 7) is 5.28. The van der Waals surface area contributed by atoms with Crippen LogP contribution in [0.4, 0.5) is 0 Å². The first-order valence-electron chi connectivity index (χ1n) is 7.28. The van der Waals surface area contributed by atoms with Gasteiger partial charge in [-0.05, 0) is 18.2 Å². The summed E-state index contributed by atoms with van der Waals surface area (Å²) in [7, 11) is 0. The minimum Gasteiger partial charge on any atom is -0.440 e. The van der Waals surface area contributed by atoms with Crippen LogP contribution in [0.15, 0.2) is 41.3 Å². The van der Waals surface area contributed by atoms with E-state index in [1.807, 2.05) is 24.6 Å². The number of carbonyl (C=O) groups is 1. The Morgan fingerprint density at radius 1 is 1.41 bits per heavy atom. The number of amides is 1. The molecule has 114 valence electrons. The molecule has 0 aliphatic carbocycles. The molecule has 3 rings (SSSR count). The molecule has 2 heterocycles. The number of carbonyl (C=O) groups excluding carboxylic acids is 1. The Morgan fingerprint density at radius 3 is 3.00 bits per heavy atom. The molecule has 0 spiro atoms. The lowest BCUT2D eigenvalue weighted by Crippen LogP contribution is -2.26. The van der Waals surface area contributed by atoms with E-state index < -0.39 is 0 Å². The number of oxazole rings is 1. The molecule has 3 aromatic rings. The third-order valence-electron chi connectivity index (χ3n) is 3.37. The molecule has 0 unspecified atom stereocenters. The fraction of sp³-hybridized carbons (Fsp3) is 0.312. The first-order chi connectivity index (χ1) is 10.6. The third kappa shape index (κ3) is 3.00. The van der Waals surface area contributed by atoms with Crippen LogP contribution < -0.4 is 5.32 Å². The van der Waals surface area contributed by atoms with Crippen molar-refractivity contribution in [2.75, 3.05) is 6.54 Å². The lowest BCUT2D eigenvalue weighted by Gasteiger charge is -2.05. The van der Waals surface area contributed by atoms with Gasteiger partial charge >= 0.3 is 0 Å². The molecule has 0 radical (unpaired) electrons. The topological polar surface area (TPSA) is 73.0 Å². The van der Waals surface area contributed by atoms with Crippen molar-refractivity contribution in [1.82, 2.24) is 19.9 Å². The highest BCUT2D eigenvalue weighted by Crippen LogP contribution is 2.21. The quantitative estimate of drug-likeness (QED) is 0.785. The van der Waals surface area contributed by atoms with Crippen LogP contribution in [0.25, 0.3) is 11.1 Å². The number of nitrogens with zero attached hydrogens (tertiary/aromatic N) is 3. The van der Waals surface area contributed by atoms with Crippen molar-refractivity contribution in [1.29, 1.82) is 0 Å². The van der Waals surface area contributed by atoms with Crippen LogP contribution in [0, 0.1) is 0 Å². The average Bonchev–Trinajstić information content (AvgIpc) is 3.15. The van der Waals surface area contributed by atoms with Crippen molar-refractivity contribution in [3.8, 4) is 0 Å². The Bertz CT molecular complexity index is 775. The summed E-state index contributed by atoms with van der Waals surface area (Å²) in [5.41, 5.74) is 2.01. The summed E-state index contributed by atoms with van der Waals surface area (Å²) >= 11 is 0. The van der Waals surface area contributed by atoms with Gasteiger partial charge in [0.15, 0.2) is 11.5 Å². The molecule has 6 nitrogen and oxygen atoms in total. The van der Waals surface area contributed by atoms with Crippen molar-refractivity contribution in [3.63, 3.8) is 0 Å². The van der Waals surface area contributed by atoms with Gasteiger partial charge in [-0.25, -0.2) is 9.97 Å². The Hall–Kier alpha value is -2.63. The van der Waals surface area contributed by atoms with Crippen LogP contribution in [0.2, 0.25) is 0 Å². The Morgan fingerprint density at radius 2 is 2.27 bits per heavy atom. The smallest absolute Gasteiger partial charge is 0.251 e. The van der Waals surface area contributed by atoms with Gasteiger partial charge < -0.3 is 14.3 Å². The maximum Gasteiger partial charge on any atom is 0.251 e. The number of hydrogen-bond acceptors (Lipinski definition) is 4. The summed E-state index contributed by atoms with van der Waals surface area (Å²) in [6.07, 6.45) is 5.30. The van der Waals surface area contributed by atoms with Crippen molar-refractivity contribution in [2.45, 2.75) is 26.3 Å². The van der Waals surface area contributed by atoms with Crippen molar-refractivity contribution >= 4 is 17.0 Å². The number of rotatable bonds is 5. The fourth-order valence-corrected chi connectivity index (χ4v) is 2.15. The summed E-state index contributed by atoms with van der Waals surface area (Å²) in [4.78, 5) is 20.5. The van der Waals surface area contributed by atoms with Gasteiger partial charge in [0.1, 0.15) is 5.52 Å². The van der Waals surface area contributed by atoms with Gasteiger partial charge in [0.25, 0.3) is 5.91 Å². The molecule has 1 N–H and O–H groups in total. The number of hydrogen-bond donors (Lipinski definition) is 1. The van der Waals surface area contributed by atoms with Crippen LogP contribution in [-0.2, 0) is 6.54 Å². The lowest BCUT2D eigenvalue weighted by molar-refractivity contribution is 0.0952. The Balaban J connectivity index is 1.68. The zero-order valence-electron chi connectivity index (χ0n) is 12.6. The fourth-order valence-electron chi connectivity index (χ4n) is 2.15. The van der Waals surface area contributed by atoms with E-state index in [2.05, 4.69) is 15.3 Å². The minimum atomic E-state index is -0.115. The minimum absolute atomic E-state index is 0.115. The molecule has 0 saturated heterocycles. The number of nitrogens with one attached hydrogen (secondary N) is 1. The van der Waals surface area contributed by atoms with E-state index in [4.69, 9.17) is 4.42 Å². The molecule has 0 aliphatic heterocycles. The molecule has 0 fully saturated rings. The first kappa shape index (κ1) is 14.3. The highest BCUT2D eigenvalue weighted by Gasteiger charge is 2.12. The molecule has 0 aliphatic rings. The number of fused-ring (bicyclic) bond motifs is 1. The van der Waals surface area contributed by atoms with E-state index in [1.54, 1.807) is 30.7 Å². The molecule has 1 amide bonds. The molecule has 22 heavy (non-hydrogen) atoms. The summed E-state index contributed by atoms with van der Waals surface area (Å²) in [6, 6.07) is 5.31.